The smallest absolute Gasteiger partial charge is 0.121 e. The van der Waals surface area contributed by atoms with Crippen molar-refractivity contribution in [3.63, 3.8) is 0 Å². The van der Waals surface area contributed by atoms with Gasteiger partial charge in [-0.05, 0) is 54.4 Å². The number of methoxy groups -OCH3 is 1. The number of hydroxylamine groups is 1. The fourth-order valence-electron chi connectivity index (χ4n) is 6.21. The first-order chi connectivity index (χ1) is 20.3. The largest absolute Gasteiger partial charge is 0.507 e. The van der Waals surface area contributed by atoms with Crippen LogP contribution in [0, 0.1) is 19.3 Å². The molecule has 0 bridgehead atoms. The molecule has 5 rings (SSSR count). The number of rotatable bonds is 7. The van der Waals surface area contributed by atoms with E-state index in [2.05, 4.69) is 41.1 Å². The van der Waals surface area contributed by atoms with Gasteiger partial charge in [0.05, 0.1) is 0 Å². The van der Waals surface area contributed by atoms with Gasteiger partial charge >= 0.3 is 173 Å². The number of carbonyl (C=O) groups excluding carboxylic acids is 1. The minimum absolute atomic E-state index is 0.318. The third-order valence-electron chi connectivity index (χ3n) is 8.41. The topological polar surface area (TPSA) is 121 Å². The maximum absolute atomic E-state index is 13.5. The number of ether oxygens (including phenoxy) is 1. The zero-order chi connectivity index (χ0) is 31.4. The molecule has 1 fully saturated rings. The molecule has 3 aliphatic rings. The molecule has 2 aromatic rings. The number of piperazine rings is 1. The Morgan fingerprint density at radius 3 is 2.33 bits per heavy atom. The molecule has 0 saturated carbocycles. The van der Waals surface area contributed by atoms with Crippen molar-refractivity contribution >= 4 is 25.8 Å². The van der Waals surface area contributed by atoms with Crippen LogP contribution in [-0.2, 0) is 29.1 Å². The molecule has 43 heavy (non-hydrogen) atoms. The van der Waals surface area contributed by atoms with Crippen LogP contribution in [0.1, 0.15) is 49.4 Å². The molecule has 3 N–H and O–H groups in total. The number of phenols is 1. The summed E-state index contributed by atoms with van der Waals surface area (Å²) in [6.45, 7) is 12.4. The molecule has 2 unspecified atom stereocenters. The van der Waals surface area contributed by atoms with E-state index in [9.17, 15) is 18.9 Å². The number of phenolic OH excluding ortho intramolecular Hbond substituents is 1. The van der Waals surface area contributed by atoms with Crippen LogP contribution in [0.15, 0.2) is 54.6 Å². The maximum atomic E-state index is 13.5. The number of amides is 1. The van der Waals surface area contributed by atoms with Crippen molar-refractivity contribution in [2.24, 2.45) is 5.41 Å². The summed E-state index contributed by atoms with van der Waals surface area (Å²) in [5.41, 5.74) is 8.34. The van der Waals surface area contributed by atoms with E-state index in [1.54, 1.807) is 19.3 Å². The number of fused-ring (bicyclic) bond motifs is 1. The molecule has 1 amide bonds. The normalized spacial score (nSPS) is 22.3. The molecule has 0 aromatic heterocycles. The Bertz CT molecular complexity index is 1430. The molecule has 234 valence electrons. The zero-order valence-corrected chi connectivity index (χ0v) is 27.8. The van der Waals surface area contributed by atoms with Gasteiger partial charge in [0.15, 0.2) is 0 Å². The molecule has 0 spiro atoms. The molecule has 1 heterocycles. The average Bonchev–Trinajstić information content (AvgIpc) is 3.35. The van der Waals surface area contributed by atoms with Crippen LogP contribution in [0.2, 0.25) is 0 Å². The minimum atomic E-state index is -4.94. The molecule has 1 saturated heterocycles. The molecule has 1 aliphatic heterocycles. The number of hydrogen-bond acceptors (Lipinski definition) is 9. The third kappa shape index (κ3) is 7.05. The fraction of sp³-hybridized carbons (Fsp3) is 0.469. The van der Waals surface area contributed by atoms with E-state index in [1.165, 1.54) is 23.6 Å². The predicted molar refractivity (Wildman–Crippen MR) is 166 cm³/mol. The Kier molecular flexibility index (Phi) is 10.2. The summed E-state index contributed by atoms with van der Waals surface area (Å²) in [5, 5.41) is 19.5. The Hall–Kier alpha value is -3.01. The summed E-state index contributed by atoms with van der Waals surface area (Å²) >= 11 is -4.94. The van der Waals surface area contributed by atoms with Crippen LogP contribution < -0.4 is 15.1 Å². The zero-order valence-electron chi connectivity index (χ0n) is 25.9. The van der Waals surface area contributed by atoms with E-state index < -0.39 is 24.4 Å². The van der Waals surface area contributed by atoms with Crippen LogP contribution >= 0.6 is 0 Å². The number of aromatic hydroxyl groups is 1. The van der Waals surface area contributed by atoms with E-state index in [-0.39, 0.29) is 0 Å². The number of anilines is 1. The Balaban J connectivity index is 0.000000251. The van der Waals surface area contributed by atoms with E-state index in [0.717, 1.165) is 29.8 Å². The second-order valence-corrected chi connectivity index (χ2v) is 16.6. The van der Waals surface area contributed by atoms with Crippen molar-refractivity contribution in [1.29, 1.82) is 0 Å². The molecular weight excluding hydrogens is 613 g/mol. The van der Waals surface area contributed by atoms with Gasteiger partial charge in [0, 0.05) is 0 Å². The van der Waals surface area contributed by atoms with Gasteiger partial charge in [-0.3, -0.25) is 0 Å². The number of nitrogens with one attached hydrogen (secondary N) is 1. The summed E-state index contributed by atoms with van der Waals surface area (Å²) in [7, 11) is 1.63. The second kappa shape index (κ2) is 13.3. The van der Waals surface area contributed by atoms with Gasteiger partial charge in [0.2, 0.25) is 0 Å². The van der Waals surface area contributed by atoms with Gasteiger partial charge in [0.25, 0.3) is 0 Å². The van der Waals surface area contributed by atoms with Crippen molar-refractivity contribution < 1.29 is 31.3 Å². The molecule has 11 heteroatoms. The first-order valence-electron chi connectivity index (χ1n) is 14.5. The summed E-state index contributed by atoms with van der Waals surface area (Å²) in [4.78, 5) is 15.5. The third-order valence-corrected chi connectivity index (χ3v) is 12.8. The number of aryl methyl sites for hydroxylation is 2. The van der Waals surface area contributed by atoms with Crippen molar-refractivity contribution in [2.45, 2.75) is 58.2 Å². The number of carbonyl (C=O) groups is 1. The van der Waals surface area contributed by atoms with Crippen LogP contribution in [0.3, 0.4) is 0 Å². The van der Waals surface area contributed by atoms with E-state index in [0.29, 0.717) is 43.8 Å². The molecule has 2 aromatic carbocycles. The van der Waals surface area contributed by atoms with Crippen molar-refractivity contribution in [3.05, 3.63) is 76.9 Å². The van der Waals surface area contributed by atoms with Crippen LogP contribution in [-0.4, -0.2) is 73.0 Å². The van der Waals surface area contributed by atoms with Gasteiger partial charge in [0.1, 0.15) is 5.75 Å². The van der Waals surface area contributed by atoms with Crippen molar-refractivity contribution in [1.82, 2.24) is 10.4 Å². The van der Waals surface area contributed by atoms with E-state index >= 15 is 0 Å². The Morgan fingerprint density at radius 2 is 1.72 bits per heavy atom. The standard InChI is InChI=1S/C19H26AsN3O6.C13H18O/c1-16(24)21-28-20(25,29-26)19(9-4-3-5-10-19)23-13-11-22(12-14-23)17-7-6-8-18(15-17)27-2;1-8-5-9(2)12(14)11-7-13(3,4)6-10(8)11/h3-9,15,26H,10-14H2,1-2H3,(H,21,24);5,14H,6-7H2,1-4H3. The summed E-state index contributed by atoms with van der Waals surface area (Å²) < 4.78 is 27.2. The minimum Gasteiger partial charge on any atom is -0.507 e. The summed E-state index contributed by atoms with van der Waals surface area (Å²) in [5.74, 6) is 0.778. The SMILES string of the molecule is COc1cccc(N2CCN(C3([As](=O)(OO)ONC(C)=O)C=CC=CC3)CC2)c1.Cc1cc(C)c2c(c1O)CC(C)(C)C2. The first kappa shape index (κ1) is 32.9. The van der Waals surface area contributed by atoms with E-state index in [4.69, 9.17) is 8.56 Å². The summed E-state index contributed by atoms with van der Waals surface area (Å²) in [6, 6.07) is 9.91. The quantitative estimate of drug-likeness (QED) is 0.222. The van der Waals surface area contributed by atoms with Gasteiger partial charge in [-0.2, -0.15) is 0 Å². The van der Waals surface area contributed by atoms with Crippen LogP contribution in [0.4, 0.5) is 5.69 Å². The van der Waals surface area contributed by atoms with Gasteiger partial charge < -0.3 is 5.11 Å². The number of hydrogen-bond donors (Lipinski definition) is 3. The number of benzene rings is 2. The van der Waals surface area contributed by atoms with Crippen molar-refractivity contribution in [2.75, 3.05) is 38.2 Å². The molecule has 2 aliphatic carbocycles. The molecule has 0 radical (unpaired) electrons. The van der Waals surface area contributed by atoms with Crippen molar-refractivity contribution in [3.8, 4) is 11.5 Å². The summed E-state index contributed by atoms with van der Waals surface area (Å²) in [6.07, 6.45) is 9.60. The first-order valence-corrected chi connectivity index (χ1v) is 17.8. The Morgan fingerprint density at radius 1 is 1.02 bits per heavy atom. The molecule has 10 nitrogen and oxygen atoms in total. The van der Waals surface area contributed by atoms with E-state index in [1.807, 2.05) is 48.2 Å². The maximum Gasteiger partial charge on any atom is 0.121 e. The second-order valence-electron chi connectivity index (χ2n) is 12.2. The molecule has 2 atom stereocenters. The van der Waals surface area contributed by atoms with Crippen LogP contribution in [0.5, 0.6) is 11.5 Å². The van der Waals surface area contributed by atoms with Gasteiger partial charge in [-0.15, -0.1) is 0 Å². The fourth-order valence-corrected chi connectivity index (χ4v) is 9.83. The number of allylic oxidation sites excluding steroid dienone is 2. The van der Waals surface area contributed by atoms with Gasteiger partial charge in [-0.1, -0.05) is 19.9 Å². The average molecular weight is 658 g/mol. The Labute approximate surface area is 257 Å². The molecular formula is C32H44AsN3O7. The van der Waals surface area contributed by atoms with Crippen LogP contribution in [0.25, 0.3) is 0 Å². The van der Waals surface area contributed by atoms with Gasteiger partial charge in [-0.25, -0.2) is 0 Å². The monoisotopic (exact) mass is 657 g/mol. The predicted octanol–water partition coefficient (Wildman–Crippen LogP) is 4.67. The number of nitrogens with zero attached hydrogens (tertiary/aromatic N) is 2.